The average molecular weight is 372 g/mol. The molecule has 138 valence electrons. The summed E-state index contributed by atoms with van der Waals surface area (Å²) in [5.41, 5.74) is 2.51. The number of nitrogens with zero attached hydrogens (tertiary/aromatic N) is 2. The van der Waals surface area contributed by atoms with Gasteiger partial charge in [0.25, 0.3) is 5.91 Å². The molecule has 0 unspecified atom stereocenters. The van der Waals surface area contributed by atoms with E-state index in [9.17, 15) is 9.18 Å². The number of hydrogen-bond acceptors (Lipinski definition) is 3. The third-order valence-corrected chi connectivity index (χ3v) is 4.40. The van der Waals surface area contributed by atoms with Crippen LogP contribution in [0, 0.1) is 5.82 Å². The number of methoxy groups -OCH3 is 1. The maximum absolute atomic E-state index is 13.4. The molecular weight excluding hydrogens is 355 g/mol. The number of rotatable bonds is 4. The molecule has 0 radical (unpaired) electrons. The Morgan fingerprint density at radius 1 is 0.929 bits per heavy atom. The number of carbonyl (C=O) groups is 1. The predicted molar refractivity (Wildman–Crippen MR) is 108 cm³/mol. The van der Waals surface area contributed by atoms with Crippen LogP contribution in [0.1, 0.15) is 11.1 Å². The topological polar surface area (TPSA) is 41.9 Å². The molecule has 0 bridgehead atoms. The summed E-state index contributed by atoms with van der Waals surface area (Å²) in [5, 5.41) is 0. The first-order valence-electron chi connectivity index (χ1n) is 8.75. The van der Waals surface area contributed by atoms with Crippen LogP contribution in [0.2, 0.25) is 0 Å². The second kappa shape index (κ2) is 7.48. The molecule has 0 atom stereocenters. The third-order valence-electron chi connectivity index (χ3n) is 4.40. The first kappa shape index (κ1) is 17.7. The normalized spacial score (nSPS) is 15.1. The summed E-state index contributed by atoms with van der Waals surface area (Å²) in [5.74, 6) is 0.572. The zero-order valence-corrected chi connectivity index (χ0v) is 15.2. The van der Waals surface area contributed by atoms with Gasteiger partial charge in [-0.25, -0.2) is 9.38 Å². The molecule has 3 aromatic carbocycles. The van der Waals surface area contributed by atoms with Gasteiger partial charge in [-0.1, -0.05) is 30.3 Å². The van der Waals surface area contributed by atoms with E-state index in [0.717, 1.165) is 11.1 Å². The highest BCUT2D eigenvalue weighted by Gasteiger charge is 2.32. The number of aliphatic imine (C=N–C) groups is 1. The van der Waals surface area contributed by atoms with Crippen LogP contribution >= 0.6 is 0 Å². The fraction of sp³-hybridized carbons (Fsp3) is 0.0435. The minimum Gasteiger partial charge on any atom is -0.497 e. The number of halogens is 1. The molecule has 1 amide bonds. The summed E-state index contributed by atoms with van der Waals surface area (Å²) in [6.07, 6.45) is 1.75. The summed E-state index contributed by atoms with van der Waals surface area (Å²) < 4.78 is 18.6. The number of hydrogen-bond donors (Lipinski definition) is 0. The van der Waals surface area contributed by atoms with Gasteiger partial charge in [0.2, 0.25) is 0 Å². The van der Waals surface area contributed by atoms with E-state index < -0.39 is 0 Å². The molecule has 0 spiro atoms. The molecule has 0 aromatic heterocycles. The van der Waals surface area contributed by atoms with E-state index in [1.54, 1.807) is 25.3 Å². The van der Waals surface area contributed by atoms with Crippen LogP contribution in [-0.4, -0.2) is 18.9 Å². The first-order valence-corrected chi connectivity index (χ1v) is 8.75. The predicted octanol–water partition coefficient (Wildman–Crippen LogP) is 4.67. The Morgan fingerprint density at radius 2 is 1.61 bits per heavy atom. The summed E-state index contributed by atoms with van der Waals surface area (Å²) in [4.78, 5) is 19.2. The molecule has 1 aliphatic rings. The lowest BCUT2D eigenvalue weighted by Gasteiger charge is -2.18. The molecule has 3 aromatic rings. The van der Waals surface area contributed by atoms with Crippen LogP contribution in [-0.2, 0) is 4.79 Å². The van der Waals surface area contributed by atoms with Crippen molar-refractivity contribution in [2.24, 2.45) is 4.99 Å². The fourth-order valence-corrected chi connectivity index (χ4v) is 2.99. The first-order chi connectivity index (χ1) is 13.7. The van der Waals surface area contributed by atoms with E-state index in [2.05, 4.69) is 4.99 Å². The lowest BCUT2D eigenvalue weighted by molar-refractivity contribution is -0.113. The van der Waals surface area contributed by atoms with Gasteiger partial charge in [0.15, 0.2) is 0 Å². The Balaban J connectivity index is 1.80. The van der Waals surface area contributed by atoms with Crippen molar-refractivity contribution in [3.05, 3.63) is 102 Å². The zero-order chi connectivity index (χ0) is 19.5. The zero-order valence-electron chi connectivity index (χ0n) is 15.2. The minimum absolute atomic E-state index is 0.263. The van der Waals surface area contributed by atoms with Gasteiger partial charge in [-0.05, 0) is 60.2 Å². The Hall–Kier alpha value is -3.73. The van der Waals surface area contributed by atoms with Gasteiger partial charge in [-0.3, -0.25) is 9.69 Å². The van der Waals surface area contributed by atoms with Crippen LogP contribution in [0.5, 0.6) is 5.75 Å². The lowest BCUT2D eigenvalue weighted by atomic mass is 10.1. The van der Waals surface area contributed by atoms with Crippen LogP contribution in [0.3, 0.4) is 0 Å². The van der Waals surface area contributed by atoms with Gasteiger partial charge >= 0.3 is 0 Å². The summed E-state index contributed by atoms with van der Waals surface area (Å²) >= 11 is 0. The van der Waals surface area contributed by atoms with Gasteiger partial charge in [0.1, 0.15) is 23.1 Å². The van der Waals surface area contributed by atoms with E-state index >= 15 is 0 Å². The lowest BCUT2D eigenvalue weighted by Crippen LogP contribution is -2.32. The highest BCUT2D eigenvalue weighted by Crippen LogP contribution is 2.28. The highest BCUT2D eigenvalue weighted by molar-refractivity contribution is 6.33. The van der Waals surface area contributed by atoms with Crippen molar-refractivity contribution in [2.45, 2.75) is 0 Å². The van der Waals surface area contributed by atoms with E-state index in [1.165, 1.54) is 17.0 Å². The van der Waals surface area contributed by atoms with Gasteiger partial charge in [0.05, 0.1) is 12.8 Å². The summed E-state index contributed by atoms with van der Waals surface area (Å²) in [6, 6.07) is 22.6. The second-order valence-electron chi connectivity index (χ2n) is 6.22. The highest BCUT2D eigenvalue weighted by atomic mass is 19.1. The second-order valence-corrected chi connectivity index (χ2v) is 6.22. The standard InChI is InChI=1S/C23H17FN2O2/c1-28-20-13-7-17(8-14-20)22-25-21(15-16-5-3-2-4-6-16)23(27)26(22)19-11-9-18(24)10-12-19/h2-15H,1H3/b21-15+. The largest absolute Gasteiger partial charge is 0.497 e. The minimum atomic E-state index is -0.363. The molecule has 0 N–H and O–H groups in total. The Labute approximate surface area is 162 Å². The van der Waals surface area contributed by atoms with Crippen molar-refractivity contribution in [3.63, 3.8) is 0 Å². The van der Waals surface area contributed by atoms with Gasteiger partial charge in [0, 0.05) is 5.56 Å². The molecule has 28 heavy (non-hydrogen) atoms. The van der Waals surface area contributed by atoms with Gasteiger partial charge in [-0.2, -0.15) is 0 Å². The van der Waals surface area contributed by atoms with Crippen molar-refractivity contribution in [1.82, 2.24) is 0 Å². The summed E-state index contributed by atoms with van der Waals surface area (Å²) in [6.45, 7) is 0. The molecule has 1 heterocycles. The van der Waals surface area contributed by atoms with E-state index in [-0.39, 0.29) is 11.7 Å². The number of ether oxygens (including phenoxy) is 1. The molecule has 4 nitrogen and oxygen atoms in total. The smallest absolute Gasteiger partial charge is 0.282 e. The molecule has 4 rings (SSSR count). The van der Waals surface area contributed by atoms with Crippen molar-refractivity contribution in [3.8, 4) is 5.75 Å². The van der Waals surface area contributed by atoms with Crippen LogP contribution in [0.15, 0.2) is 89.6 Å². The summed E-state index contributed by atoms with van der Waals surface area (Å²) in [7, 11) is 1.59. The number of amides is 1. The average Bonchev–Trinajstić information content (AvgIpc) is 3.05. The maximum Gasteiger partial charge on any atom is 0.282 e. The van der Waals surface area contributed by atoms with Crippen molar-refractivity contribution >= 4 is 23.5 Å². The fourth-order valence-electron chi connectivity index (χ4n) is 2.99. The van der Waals surface area contributed by atoms with Crippen molar-refractivity contribution in [2.75, 3.05) is 12.0 Å². The molecular formula is C23H17FN2O2. The van der Waals surface area contributed by atoms with Gasteiger partial charge in [-0.15, -0.1) is 0 Å². The Bertz CT molecular complexity index is 1060. The molecule has 0 saturated heterocycles. The quantitative estimate of drug-likeness (QED) is 0.625. The maximum atomic E-state index is 13.4. The molecule has 0 saturated carbocycles. The van der Waals surface area contributed by atoms with E-state index in [4.69, 9.17) is 4.74 Å². The molecule has 1 aliphatic heterocycles. The molecule has 0 aliphatic carbocycles. The monoisotopic (exact) mass is 372 g/mol. The number of anilines is 1. The van der Waals surface area contributed by atoms with Crippen molar-refractivity contribution in [1.29, 1.82) is 0 Å². The van der Waals surface area contributed by atoms with Crippen LogP contribution in [0.4, 0.5) is 10.1 Å². The van der Waals surface area contributed by atoms with Crippen LogP contribution < -0.4 is 9.64 Å². The van der Waals surface area contributed by atoms with Crippen LogP contribution in [0.25, 0.3) is 6.08 Å². The van der Waals surface area contributed by atoms with Gasteiger partial charge < -0.3 is 4.74 Å². The molecule has 0 fully saturated rings. The van der Waals surface area contributed by atoms with E-state index in [0.29, 0.717) is 23.0 Å². The van der Waals surface area contributed by atoms with Crippen molar-refractivity contribution < 1.29 is 13.9 Å². The number of carbonyl (C=O) groups excluding carboxylic acids is 1. The number of amidine groups is 1. The third kappa shape index (κ3) is 3.42. The Morgan fingerprint density at radius 3 is 2.25 bits per heavy atom. The van der Waals surface area contributed by atoms with E-state index in [1.807, 2.05) is 54.6 Å². The number of benzene rings is 3. The SMILES string of the molecule is COc1ccc(C2=N/C(=C/c3ccccc3)C(=O)N2c2ccc(F)cc2)cc1. The molecule has 5 heteroatoms. The Kier molecular flexibility index (Phi) is 4.72.